The molecule has 1 unspecified atom stereocenters. The van der Waals surface area contributed by atoms with E-state index in [4.69, 9.17) is 11.6 Å². The minimum absolute atomic E-state index is 0.0869. The van der Waals surface area contributed by atoms with E-state index in [9.17, 15) is 4.79 Å². The first-order valence-corrected chi connectivity index (χ1v) is 7.68. The molecule has 0 bridgehead atoms. The van der Waals surface area contributed by atoms with Gasteiger partial charge in [0.25, 0.3) is 0 Å². The van der Waals surface area contributed by atoms with Crippen LogP contribution in [0.5, 0.6) is 0 Å². The highest BCUT2D eigenvalue weighted by molar-refractivity contribution is 9.10. The number of benzene rings is 1. The van der Waals surface area contributed by atoms with Gasteiger partial charge in [0, 0.05) is 22.7 Å². The zero-order valence-corrected chi connectivity index (χ0v) is 13.5. The molecule has 0 aliphatic carbocycles. The summed E-state index contributed by atoms with van der Waals surface area (Å²) in [6.45, 7) is 4.87. The number of nitrogens with one attached hydrogen (secondary N) is 1. The molecule has 1 aromatic carbocycles. The van der Waals surface area contributed by atoms with Crippen molar-refractivity contribution in [2.24, 2.45) is 0 Å². The summed E-state index contributed by atoms with van der Waals surface area (Å²) >= 11 is 9.47. The maximum Gasteiger partial charge on any atom is 0.244 e. The van der Waals surface area contributed by atoms with Gasteiger partial charge in [0.05, 0.1) is 11.1 Å². The van der Waals surface area contributed by atoms with Crippen molar-refractivity contribution in [2.75, 3.05) is 11.4 Å². The van der Waals surface area contributed by atoms with E-state index in [0.29, 0.717) is 11.1 Å². The fourth-order valence-electron chi connectivity index (χ4n) is 2.34. The Kier molecular flexibility index (Phi) is 4.87. The predicted molar refractivity (Wildman–Crippen MR) is 82.8 cm³/mol. The van der Waals surface area contributed by atoms with Crippen LogP contribution in [0.2, 0.25) is 5.02 Å². The summed E-state index contributed by atoms with van der Waals surface area (Å²) in [5.74, 6) is 0.137. The van der Waals surface area contributed by atoms with Crippen molar-refractivity contribution < 1.29 is 4.79 Å². The molecule has 0 spiro atoms. The van der Waals surface area contributed by atoms with Crippen molar-refractivity contribution in [1.29, 1.82) is 0 Å². The number of halogens is 2. The monoisotopic (exact) mass is 344 g/mol. The molecule has 1 heterocycles. The molecule has 0 radical (unpaired) electrons. The van der Waals surface area contributed by atoms with E-state index in [1.807, 2.05) is 23.1 Å². The van der Waals surface area contributed by atoms with E-state index in [-0.39, 0.29) is 11.9 Å². The largest absolute Gasteiger partial charge is 0.311 e. The van der Waals surface area contributed by atoms with Gasteiger partial charge in [0.2, 0.25) is 5.91 Å². The van der Waals surface area contributed by atoms with E-state index < -0.39 is 0 Å². The van der Waals surface area contributed by atoms with E-state index >= 15 is 0 Å². The van der Waals surface area contributed by atoms with Gasteiger partial charge in [-0.25, -0.2) is 0 Å². The zero-order valence-electron chi connectivity index (χ0n) is 11.1. The number of hydrogen-bond donors (Lipinski definition) is 1. The van der Waals surface area contributed by atoms with Crippen molar-refractivity contribution in [3.63, 3.8) is 0 Å². The number of piperidine rings is 1. The number of carbonyl (C=O) groups excluding carboxylic acids is 1. The Morgan fingerprint density at radius 1 is 1.47 bits per heavy atom. The average Bonchev–Trinajstić information content (AvgIpc) is 2.35. The summed E-state index contributed by atoms with van der Waals surface area (Å²) in [4.78, 5) is 14.3. The van der Waals surface area contributed by atoms with Gasteiger partial charge in [0.1, 0.15) is 0 Å². The highest BCUT2D eigenvalue weighted by atomic mass is 79.9. The van der Waals surface area contributed by atoms with Crippen molar-refractivity contribution in [2.45, 2.75) is 38.8 Å². The number of amides is 1. The van der Waals surface area contributed by atoms with Crippen molar-refractivity contribution in [3.8, 4) is 0 Å². The second-order valence-corrected chi connectivity index (χ2v) is 6.37. The Bertz CT molecular complexity index is 479. The van der Waals surface area contributed by atoms with Crippen LogP contribution in [0.25, 0.3) is 0 Å². The van der Waals surface area contributed by atoms with Crippen LogP contribution in [0.1, 0.15) is 26.7 Å². The van der Waals surface area contributed by atoms with Crippen LogP contribution in [0.4, 0.5) is 5.69 Å². The predicted octanol–water partition coefficient (Wildman–Crippen LogP) is 3.60. The molecule has 1 aromatic rings. The van der Waals surface area contributed by atoms with E-state index in [1.54, 1.807) is 0 Å². The Labute approximate surface area is 127 Å². The van der Waals surface area contributed by atoms with Gasteiger partial charge < -0.3 is 10.2 Å². The molecule has 0 saturated carbocycles. The fourth-order valence-corrected chi connectivity index (χ4v) is 2.76. The molecule has 1 aliphatic heterocycles. The first-order chi connectivity index (χ1) is 8.99. The van der Waals surface area contributed by atoms with Crippen LogP contribution in [0.3, 0.4) is 0 Å². The molecule has 2 rings (SSSR count). The molecule has 1 atom stereocenters. The summed E-state index contributed by atoms with van der Waals surface area (Å²) in [7, 11) is 0. The first-order valence-electron chi connectivity index (χ1n) is 6.51. The highest BCUT2D eigenvalue weighted by Crippen LogP contribution is 2.29. The maximum atomic E-state index is 12.5. The van der Waals surface area contributed by atoms with E-state index in [0.717, 1.165) is 29.5 Å². The third kappa shape index (κ3) is 3.50. The molecule has 1 fully saturated rings. The molecule has 3 nitrogen and oxygen atoms in total. The van der Waals surface area contributed by atoms with Crippen LogP contribution < -0.4 is 10.2 Å². The standard InChI is InChI=1S/C14H18BrClN2O/c1-9(2)17-13-4-3-7-18(14(13)19)10-5-6-11(15)12(16)8-10/h5-6,8-9,13,17H,3-4,7H2,1-2H3. The van der Waals surface area contributed by atoms with Gasteiger partial charge in [-0.05, 0) is 47.0 Å². The average molecular weight is 346 g/mol. The smallest absolute Gasteiger partial charge is 0.244 e. The van der Waals surface area contributed by atoms with Crippen molar-refractivity contribution in [3.05, 3.63) is 27.7 Å². The van der Waals surface area contributed by atoms with Gasteiger partial charge in [-0.1, -0.05) is 25.4 Å². The minimum atomic E-state index is -0.0869. The first kappa shape index (κ1) is 14.8. The van der Waals surface area contributed by atoms with Gasteiger partial charge in [-0.2, -0.15) is 0 Å². The van der Waals surface area contributed by atoms with Crippen LogP contribution in [-0.4, -0.2) is 24.5 Å². The third-order valence-electron chi connectivity index (χ3n) is 3.19. The van der Waals surface area contributed by atoms with E-state index in [2.05, 4.69) is 35.1 Å². The topological polar surface area (TPSA) is 32.3 Å². The van der Waals surface area contributed by atoms with Crippen molar-refractivity contribution in [1.82, 2.24) is 5.32 Å². The van der Waals surface area contributed by atoms with E-state index in [1.165, 1.54) is 0 Å². The quantitative estimate of drug-likeness (QED) is 0.908. The third-order valence-corrected chi connectivity index (χ3v) is 4.42. The molecule has 0 aromatic heterocycles. The molecule has 1 aliphatic rings. The number of nitrogens with zero attached hydrogens (tertiary/aromatic N) is 1. The highest BCUT2D eigenvalue weighted by Gasteiger charge is 2.29. The lowest BCUT2D eigenvalue weighted by Gasteiger charge is -2.33. The SMILES string of the molecule is CC(C)NC1CCCN(c2ccc(Br)c(Cl)c2)C1=O. The molecule has 1 N–H and O–H groups in total. The van der Waals surface area contributed by atoms with Crippen LogP contribution in [0, 0.1) is 0 Å². The number of rotatable bonds is 3. The Morgan fingerprint density at radius 2 is 2.21 bits per heavy atom. The molecule has 104 valence electrons. The lowest BCUT2D eigenvalue weighted by atomic mass is 10.0. The van der Waals surface area contributed by atoms with Crippen LogP contribution in [0.15, 0.2) is 22.7 Å². The van der Waals surface area contributed by atoms with Crippen LogP contribution >= 0.6 is 27.5 Å². The molecule has 1 saturated heterocycles. The summed E-state index contributed by atoms with van der Waals surface area (Å²) < 4.78 is 0.847. The lowest BCUT2D eigenvalue weighted by molar-refractivity contribution is -0.121. The lowest BCUT2D eigenvalue weighted by Crippen LogP contribution is -2.52. The second-order valence-electron chi connectivity index (χ2n) is 5.10. The van der Waals surface area contributed by atoms with Crippen molar-refractivity contribution >= 4 is 39.1 Å². The van der Waals surface area contributed by atoms with Gasteiger partial charge in [-0.3, -0.25) is 4.79 Å². The molecule has 5 heteroatoms. The molecular formula is C14H18BrClN2O. The summed E-state index contributed by atoms with van der Waals surface area (Å²) in [5.41, 5.74) is 0.869. The minimum Gasteiger partial charge on any atom is -0.311 e. The molecule has 1 amide bonds. The maximum absolute atomic E-state index is 12.5. The summed E-state index contributed by atoms with van der Waals surface area (Å²) in [6.07, 6.45) is 1.90. The zero-order chi connectivity index (χ0) is 14.0. The second kappa shape index (κ2) is 6.25. The normalized spacial score (nSPS) is 20.2. The number of anilines is 1. The van der Waals surface area contributed by atoms with Gasteiger partial charge in [0.15, 0.2) is 0 Å². The summed E-state index contributed by atoms with van der Waals surface area (Å²) in [6, 6.07) is 5.86. The fraction of sp³-hybridized carbons (Fsp3) is 0.500. The number of hydrogen-bond acceptors (Lipinski definition) is 2. The number of carbonyl (C=O) groups is 1. The molecular weight excluding hydrogens is 328 g/mol. The van der Waals surface area contributed by atoms with Gasteiger partial charge in [-0.15, -0.1) is 0 Å². The Morgan fingerprint density at radius 3 is 2.84 bits per heavy atom. The van der Waals surface area contributed by atoms with Gasteiger partial charge >= 0.3 is 0 Å². The molecule has 19 heavy (non-hydrogen) atoms. The van der Waals surface area contributed by atoms with Crippen LogP contribution in [-0.2, 0) is 4.79 Å². The summed E-state index contributed by atoms with van der Waals surface area (Å²) in [5, 5.41) is 3.95. The Balaban J connectivity index is 2.19. The Hall–Kier alpha value is -0.580.